The molecule has 2 rings (SSSR count). The van der Waals surface area contributed by atoms with Crippen molar-refractivity contribution in [3.63, 3.8) is 0 Å². The molecule has 0 aromatic heterocycles. The van der Waals surface area contributed by atoms with Gasteiger partial charge in [0.25, 0.3) is 0 Å². The SMILES string of the molecule is CCCCCCCCCCN(CC)C1CCOCCC(N(CC)CCCCCCCCCC)Oc2ccccc2O1. The van der Waals surface area contributed by atoms with Gasteiger partial charge in [0.2, 0.25) is 0 Å². The fourth-order valence-electron chi connectivity index (χ4n) is 5.95. The summed E-state index contributed by atoms with van der Waals surface area (Å²) >= 11 is 0. The standard InChI is InChI=1S/C36H66N2O3/c1-5-9-11-13-15-17-19-23-29-37(7-3)35-27-31-39-32-28-36(41-34-26-22-21-25-33(34)40-35)38(8-4)30-24-20-18-16-14-12-10-6-2/h21-22,25-26,35-36H,5-20,23-24,27-32H2,1-4H3. The Morgan fingerprint density at radius 1 is 0.537 bits per heavy atom. The van der Waals surface area contributed by atoms with Gasteiger partial charge in [-0.25, -0.2) is 0 Å². The number of unbranched alkanes of at least 4 members (excludes halogenated alkanes) is 14. The molecule has 1 aliphatic rings. The Hall–Kier alpha value is -1.30. The third-order valence-corrected chi connectivity index (χ3v) is 8.62. The second kappa shape index (κ2) is 24.2. The zero-order valence-corrected chi connectivity index (χ0v) is 27.6. The van der Waals surface area contributed by atoms with Crippen molar-refractivity contribution in [1.82, 2.24) is 9.80 Å². The van der Waals surface area contributed by atoms with Crippen LogP contribution >= 0.6 is 0 Å². The van der Waals surface area contributed by atoms with E-state index in [0.717, 1.165) is 63.7 Å². The van der Waals surface area contributed by atoms with Gasteiger partial charge in [0.05, 0.1) is 13.2 Å². The largest absolute Gasteiger partial charge is 0.471 e. The van der Waals surface area contributed by atoms with Gasteiger partial charge in [-0.1, -0.05) is 130 Å². The van der Waals surface area contributed by atoms with E-state index in [1.165, 1.54) is 103 Å². The molecule has 0 saturated carbocycles. The molecule has 5 heteroatoms. The molecule has 1 heterocycles. The summed E-state index contributed by atoms with van der Waals surface area (Å²) in [5.41, 5.74) is 0. The first kappa shape index (κ1) is 35.9. The summed E-state index contributed by atoms with van der Waals surface area (Å²) in [6.45, 7) is 14.6. The number of hydrogen-bond donors (Lipinski definition) is 0. The zero-order chi connectivity index (χ0) is 29.4. The lowest BCUT2D eigenvalue weighted by molar-refractivity contribution is -0.00846. The summed E-state index contributed by atoms with van der Waals surface area (Å²) < 4.78 is 19.6. The van der Waals surface area contributed by atoms with Crippen LogP contribution in [-0.4, -0.2) is 61.6 Å². The van der Waals surface area contributed by atoms with E-state index in [-0.39, 0.29) is 12.5 Å². The molecule has 2 unspecified atom stereocenters. The van der Waals surface area contributed by atoms with E-state index >= 15 is 0 Å². The number of ether oxygens (including phenoxy) is 3. The molecule has 1 aliphatic heterocycles. The van der Waals surface area contributed by atoms with Crippen molar-refractivity contribution in [2.45, 2.75) is 156 Å². The van der Waals surface area contributed by atoms with Gasteiger partial charge in [-0.3, -0.25) is 9.80 Å². The molecule has 238 valence electrons. The molecule has 0 amide bonds. The first-order valence-electron chi connectivity index (χ1n) is 17.7. The molecule has 41 heavy (non-hydrogen) atoms. The zero-order valence-electron chi connectivity index (χ0n) is 27.6. The summed E-state index contributed by atoms with van der Waals surface area (Å²) in [5.74, 6) is 1.73. The van der Waals surface area contributed by atoms with Crippen LogP contribution in [0.4, 0.5) is 0 Å². The fourth-order valence-corrected chi connectivity index (χ4v) is 5.95. The van der Waals surface area contributed by atoms with E-state index in [9.17, 15) is 0 Å². The van der Waals surface area contributed by atoms with Crippen molar-refractivity contribution in [2.75, 3.05) is 39.4 Å². The number of rotatable bonds is 22. The summed E-state index contributed by atoms with van der Waals surface area (Å²) in [4.78, 5) is 4.99. The van der Waals surface area contributed by atoms with Crippen LogP contribution in [0.2, 0.25) is 0 Å². The molecule has 0 aliphatic carbocycles. The first-order chi connectivity index (χ1) is 20.2. The average Bonchev–Trinajstić information content (AvgIpc) is 3.03. The highest BCUT2D eigenvalue weighted by Gasteiger charge is 2.25. The third kappa shape index (κ3) is 15.7. The monoisotopic (exact) mass is 575 g/mol. The van der Waals surface area contributed by atoms with E-state index in [0.29, 0.717) is 0 Å². The van der Waals surface area contributed by atoms with Gasteiger partial charge in [0, 0.05) is 25.9 Å². The Morgan fingerprint density at radius 2 is 0.902 bits per heavy atom. The molecule has 0 spiro atoms. The Balaban J connectivity index is 1.92. The van der Waals surface area contributed by atoms with Crippen molar-refractivity contribution >= 4 is 0 Å². The Morgan fingerprint density at radius 3 is 1.27 bits per heavy atom. The van der Waals surface area contributed by atoms with Crippen LogP contribution in [0.3, 0.4) is 0 Å². The van der Waals surface area contributed by atoms with E-state index in [4.69, 9.17) is 14.2 Å². The van der Waals surface area contributed by atoms with Crippen molar-refractivity contribution in [2.24, 2.45) is 0 Å². The van der Waals surface area contributed by atoms with Crippen molar-refractivity contribution in [3.05, 3.63) is 24.3 Å². The van der Waals surface area contributed by atoms with Gasteiger partial charge < -0.3 is 14.2 Å². The van der Waals surface area contributed by atoms with E-state index in [2.05, 4.69) is 61.8 Å². The summed E-state index contributed by atoms with van der Waals surface area (Å²) in [5, 5.41) is 0. The summed E-state index contributed by atoms with van der Waals surface area (Å²) in [6.07, 6.45) is 23.2. The lowest BCUT2D eigenvalue weighted by atomic mass is 10.1. The minimum Gasteiger partial charge on any atom is -0.471 e. The fraction of sp³-hybridized carbons (Fsp3) is 0.833. The quantitative estimate of drug-likeness (QED) is 0.129. The maximum Gasteiger partial charge on any atom is 0.163 e. The third-order valence-electron chi connectivity index (χ3n) is 8.62. The lowest BCUT2D eigenvalue weighted by Crippen LogP contribution is -2.41. The molecule has 0 N–H and O–H groups in total. The predicted octanol–water partition coefficient (Wildman–Crippen LogP) is 9.83. The van der Waals surface area contributed by atoms with Crippen molar-refractivity contribution in [1.29, 1.82) is 0 Å². The first-order valence-corrected chi connectivity index (χ1v) is 17.7. The van der Waals surface area contributed by atoms with E-state index in [1.807, 2.05) is 0 Å². The average molecular weight is 575 g/mol. The van der Waals surface area contributed by atoms with Gasteiger partial charge in [-0.05, 0) is 38.1 Å². The molecule has 1 aromatic carbocycles. The van der Waals surface area contributed by atoms with Crippen molar-refractivity contribution < 1.29 is 14.2 Å². The summed E-state index contributed by atoms with van der Waals surface area (Å²) in [7, 11) is 0. The smallest absolute Gasteiger partial charge is 0.163 e. The van der Waals surface area contributed by atoms with Gasteiger partial charge in [0.15, 0.2) is 24.0 Å². The van der Waals surface area contributed by atoms with Gasteiger partial charge >= 0.3 is 0 Å². The van der Waals surface area contributed by atoms with Crippen LogP contribution in [-0.2, 0) is 4.74 Å². The number of fused-ring (bicyclic) bond motifs is 1. The lowest BCUT2D eigenvalue weighted by Gasteiger charge is -2.33. The van der Waals surface area contributed by atoms with Crippen LogP contribution in [0.25, 0.3) is 0 Å². The molecular weight excluding hydrogens is 508 g/mol. The highest BCUT2D eigenvalue weighted by molar-refractivity contribution is 5.39. The Labute approximate surface area is 254 Å². The van der Waals surface area contributed by atoms with Crippen LogP contribution in [0, 0.1) is 0 Å². The minimum absolute atomic E-state index is 0.00505. The maximum absolute atomic E-state index is 6.72. The van der Waals surface area contributed by atoms with Gasteiger partial charge in [-0.15, -0.1) is 0 Å². The second-order valence-electron chi connectivity index (χ2n) is 12.0. The normalized spacial score (nSPS) is 18.1. The van der Waals surface area contributed by atoms with Gasteiger partial charge in [0.1, 0.15) is 0 Å². The summed E-state index contributed by atoms with van der Waals surface area (Å²) in [6, 6.07) is 8.29. The Kier molecular flexibility index (Phi) is 21.2. The topological polar surface area (TPSA) is 34.2 Å². The predicted molar refractivity (Wildman–Crippen MR) is 175 cm³/mol. The maximum atomic E-state index is 6.72. The van der Waals surface area contributed by atoms with Crippen molar-refractivity contribution in [3.8, 4) is 11.5 Å². The number of para-hydroxylation sites is 2. The molecule has 0 saturated heterocycles. The van der Waals surface area contributed by atoms with E-state index in [1.54, 1.807) is 0 Å². The number of hydrogen-bond acceptors (Lipinski definition) is 5. The molecule has 5 nitrogen and oxygen atoms in total. The number of benzene rings is 1. The van der Waals surface area contributed by atoms with Crippen LogP contribution in [0.15, 0.2) is 24.3 Å². The number of nitrogens with zero attached hydrogens (tertiary/aromatic N) is 2. The molecule has 0 bridgehead atoms. The van der Waals surface area contributed by atoms with Crippen LogP contribution < -0.4 is 9.47 Å². The van der Waals surface area contributed by atoms with Gasteiger partial charge in [-0.2, -0.15) is 0 Å². The molecule has 0 radical (unpaired) electrons. The molecule has 1 aromatic rings. The van der Waals surface area contributed by atoms with Crippen LogP contribution in [0.5, 0.6) is 11.5 Å². The molecular formula is C36H66N2O3. The highest BCUT2D eigenvalue weighted by atomic mass is 16.6. The van der Waals surface area contributed by atoms with Crippen LogP contribution in [0.1, 0.15) is 143 Å². The minimum atomic E-state index is 0.00505. The van der Waals surface area contributed by atoms with E-state index < -0.39 is 0 Å². The Bertz CT molecular complexity index is 672. The molecule has 2 atom stereocenters. The molecule has 0 fully saturated rings. The highest BCUT2D eigenvalue weighted by Crippen LogP contribution is 2.31. The second-order valence-corrected chi connectivity index (χ2v) is 12.0.